The average Bonchev–Trinajstić information content (AvgIpc) is 3.14. The van der Waals surface area contributed by atoms with Crippen LogP contribution in [0.1, 0.15) is 5.56 Å². The van der Waals surface area contributed by atoms with Gasteiger partial charge in [0.1, 0.15) is 11.2 Å². The second kappa shape index (κ2) is 5.71. The summed E-state index contributed by atoms with van der Waals surface area (Å²) in [6, 6.07) is 32.3. The quantitative estimate of drug-likeness (QED) is 0.273. The Morgan fingerprint density at radius 2 is 1.25 bits per heavy atom. The molecule has 0 aliphatic rings. The molecule has 0 saturated carbocycles. The minimum absolute atomic E-state index is 0.940. The molecule has 5 aromatic carbocycles. The van der Waals surface area contributed by atoms with E-state index in [2.05, 4.69) is 97.9 Å². The van der Waals surface area contributed by atoms with Crippen LogP contribution in [-0.2, 0) is 0 Å². The Kier molecular flexibility index (Phi) is 3.15. The van der Waals surface area contributed by atoms with E-state index in [4.69, 9.17) is 4.42 Å². The maximum absolute atomic E-state index is 6.47. The normalized spacial score (nSPS) is 11.8. The standard InChI is InChI=1S/C27H18O/c1-17-8-6-9-18(16-17)19-14-7-15-24-25(19)26-22-12-4-2-10-20(22)21-11-3-5-13-23(21)27(26)28-24/h2-16H,1H3. The second-order valence-corrected chi connectivity index (χ2v) is 7.45. The van der Waals surface area contributed by atoms with E-state index in [1.54, 1.807) is 0 Å². The van der Waals surface area contributed by atoms with Gasteiger partial charge in [0.2, 0.25) is 0 Å². The number of hydrogen-bond donors (Lipinski definition) is 0. The SMILES string of the molecule is Cc1cccc(-c2cccc3oc4c5ccccc5c5ccccc5c4c23)c1. The maximum atomic E-state index is 6.47. The van der Waals surface area contributed by atoms with Crippen LogP contribution in [0.25, 0.3) is 54.6 Å². The highest BCUT2D eigenvalue weighted by atomic mass is 16.3. The van der Waals surface area contributed by atoms with Crippen molar-refractivity contribution in [1.29, 1.82) is 0 Å². The van der Waals surface area contributed by atoms with E-state index >= 15 is 0 Å². The third-order valence-electron chi connectivity index (χ3n) is 5.70. The largest absolute Gasteiger partial charge is 0.455 e. The van der Waals surface area contributed by atoms with Crippen molar-refractivity contribution >= 4 is 43.5 Å². The maximum Gasteiger partial charge on any atom is 0.143 e. The van der Waals surface area contributed by atoms with Crippen LogP contribution in [0, 0.1) is 6.92 Å². The van der Waals surface area contributed by atoms with Crippen LogP contribution < -0.4 is 0 Å². The molecule has 0 atom stereocenters. The smallest absolute Gasteiger partial charge is 0.143 e. The summed E-state index contributed by atoms with van der Waals surface area (Å²) in [6.07, 6.45) is 0. The zero-order chi connectivity index (χ0) is 18.7. The summed E-state index contributed by atoms with van der Waals surface area (Å²) >= 11 is 0. The first-order valence-corrected chi connectivity index (χ1v) is 9.63. The summed E-state index contributed by atoms with van der Waals surface area (Å²) in [5.74, 6) is 0. The number of aryl methyl sites for hydroxylation is 1. The lowest BCUT2D eigenvalue weighted by Gasteiger charge is -2.08. The molecule has 1 nitrogen and oxygen atoms in total. The first-order chi connectivity index (χ1) is 13.8. The molecule has 1 heterocycles. The topological polar surface area (TPSA) is 13.1 Å². The lowest BCUT2D eigenvalue weighted by molar-refractivity contribution is 0.673. The van der Waals surface area contributed by atoms with Crippen molar-refractivity contribution in [3.8, 4) is 11.1 Å². The van der Waals surface area contributed by atoms with Gasteiger partial charge in [-0.05, 0) is 40.3 Å². The zero-order valence-electron chi connectivity index (χ0n) is 15.6. The Labute approximate surface area is 162 Å². The number of fused-ring (bicyclic) bond motifs is 8. The Hall–Kier alpha value is -3.58. The van der Waals surface area contributed by atoms with Crippen LogP contribution in [0.5, 0.6) is 0 Å². The van der Waals surface area contributed by atoms with Gasteiger partial charge >= 0.3 is 0 Å². The Bertz CT molecular complexity index is 1520. The van der Waals surface area contributed by atoms with Crippen molar-refractivity contribution in [2.45, 2.75) is 6.92 Å². The molecule has 28 heavy (non-hydrogen) atoms. The molecule has 0 saturated heterocycles. The molecule has 0 amide bonds. The van der Waals surface area contributed by atoms with Gasteiger partial charge in [-0.2, -0.15) is 0 Å². The van der Waals surface area contributed by atoms with Crippen LogP contribution in [0.15, 0.2) is 95.4 Å². The molecule has 0 unspecified atom stereocenters. The minimum atomic E-state index is 0.940. The lowest BCUT2D eigenvalue weighted by Crippen LogP contribution is -1.83. The highest BCUT2D eigenvalue weighted by Gasteiger charge is 2.18. The van der Waals surface area contributed by atoms with Crippen LogP contribution in [0.4, 0.5) is 0 Å². The molecule has 6 rings (SSSR count). The van der Waals surface area contributed by atoms with Gasteiger partial charge in [-0.3, -0.25) is 0 Å². The lowest BCUT2D eigenvalue weighted by atomic mass is 9.93. The second-order valence-electron chi connectivity index (χ2n) is 7.45. The summed E-state index contributed by atoms with van der Waals surface area (Å²) in [7, 11) is 0. The fraction of sp³-hybridized carbons (Fsp3) is 0.0370. The molecule has 1 aromatic heterocycles. The number of hydrogen-bond acceptors (Lipinski definition) is 1. The van der Waals surface area contributed by atoms with E-state index < -0.39 is 0 Å². The molecular formula is C27H18O. The van der Waals surface area contributed by atoms with Gasteiger partial charge in [-0.1, -0.05) is 90.5 Å². The van der Waals surface area contributed by atoms with E-state index in [0.717, 1.165) is 11.2 Å². The van der Waals surface area contributed by atoms with E-state index in [9.17, 15) is 0 Å². The number of benzene rings is 5. The first-order valence-electron chi connectivity index (χ1n) is 9.63. The molecule has 0 N–H and O–H groups in total. The van der Waals surface area contributed by atoms with Crippen molar-refractivity contribution in [1.82, 2.24) is 0 Å². The molecule has 0 spiro atoms. The third-order valence-corrected chi connectivity index (χ3v) is 5.70. The molecule has 0 fully saturated rings. The Balaban J connectivity index is 1.91. The van der Waals surface area contributed by atoms with Crippen LogP contribution >= 0.6 is 0 Å². The van der Waals surface area contributed by atoms with Gasteiger partial charge in [-0.25, -0.2) is 0 Å². The minimum Gasteiger partial charge on any atom is -0.455 e. The summed E-state index contributed by atoms with van der Waals surface area (Å²) in [6.45, 7) is 2.14. The molecule has 0 aliphatic carbocycles. The van der Waals surface area contributed by atoms with Crippen molar-refractivity contribution in [3.63, 3.8) is 0 Å². The number of furan rings is 1. The van der Waals surface area contributed by atoms with Gasteiger partial charge in [0, 0.05) is 16.2 Å². The predicted molar refractivity (Wildman–Crippen MR) is 119 cm³/mol. The molecule has 0 bridgehead atoms. The summed E-state index contributed by atoms with van der Waals surface area (Å²) in [5.41, 5.74) is 5.63. The average molecular weight is 358 g/mol. The van der Waals surface area contributed by atoms with Gasteiger partial charge in [0.05, 0.1) is 0 Å². The Morgan fingerprint density at radius 1 is 0.571 bits per heavy atom. The molecular weight excluding hydrogens is 340 g/mol. The highest BCUT2D eigenvalue weighted by Crippen LogP contribution is 2.43. The highest BCUT2D eigenvalue weighted by molar-refractivity contribution is 6.31. The molecule has 132 valence electrons. The van der Waals surface area contributed by atoms with Crippen molar-refractivity contribution in [3.05, 3.63) is 96.6 Å². The zero-order valence-corrected chi connectivity index (χ0v) is 15.6. The van der Waals surface area contributed by atoms with Gasteiger partial charge in [0.15, 0.2) is 0 Å². The van der Waals surface area contributed by atoms with Crippen molar-refractivity contribution in [2.75, 3.05) is 0 Å². The fourth-order valence-electron chi connectivity index (χ4n) is 4.50. The monoisotopic (exact) mass is 358 g/mol. The summed E-state index contributed by atoms with van der Waals surface area (Å²) < 4.78 is 6.47. The predicted octanol–water partition coefficient (Wildman–Crippen LogP) is 7.87. The van der Waals surface area contributed by atoms with Gasteiger partial charge < -0.3 is 4.42 Å². The molecule has 1 heteroatoms. The van der Waals surface area contributed by atoms with E-state index in [1.807, 2.05) is 0 Å². The summed E-state index contributed by atoms with van der Waals surface area (Å²) in [4.78, 5) is 0. The molecule has 6 aromatic rings. The van der Waals surface area contributed by atoms with Gasteiger partial charge in [-0.15, -0.1) is 0 Å². The van der Waals surface area contributed by atoms with Gasteiger partial charge in [0.25, 0.3) is 0 Å². The molecule has 0 radical (unpaired) electrons. The van der Waals surface area contributed by atoms with Crippen molar-refractivity contribution < 1.29 is 4.42 Å². The fourth-order valence-corrected chi connectivity index (χ4v) is 4.50. The van der Waals surface area contributed by atoms with Crippen LogP contribution in [-0.4, -0.2) is 0 Å². The third kappa shape index (κ3) is 2.07. The van der Waals surface area contributed by atoms with E-state index in [1.165, 1.54) is 49.0 Å². The van der Waals surface area contributed by atoms with Crippen LogP contribution in [0.2, 0.25) is 0 Å². The van der Waals surface area contributed by atoms with Crippen LogP contribution in [0.3, 0.4) is 0 Å². The van der Waals surface area contributed by atoms with E-state index in [-0.39, 0.29) is 0 Å². The Morgan fingerprint density at radius 3 is 2.04 bits per heavy atom. The van der Waals surface area contributed by atoms with E-state index in [0.29, 0.717) is 0 Å². The molecule has 0 aliphatic heterocycles. The summed E-state index contributed by atoms with van der Waals surface area (Å²) in [5, 5.41) is 7.33. The first kappa shape index (κ1) is 15.5. The van der Waals surface area contributed by atoms with Crippen molar-refractivity contribution in [2.24, 2.45) is 0 Å². The number of rotatable bonds is 1.